The van der Waals surface area contributed by atoms with E-state index in [2.05, 4.69) is 34.2 Å². The summed E-state index contributed by atoms with van der Waals surface area (Å²) in [5.41, 5.74) is 1.39. The second-order valence-electron chi connectivity index (χ2n) is 9.76. The van der Waals surface area contributed by atoms with E-state index in [0.717, 1.165) is 37.1 Å². The molecule has 5 rings (SSSR count). The largest absolute Gasteiger partial charge is 0.487 e. The van der Waals surface area contributed by atoms with Crippen LogP contribution in [0.3, 0.4) is 0 Å². The Kier molecular flexibility index (Phi) is 6.08. The van der Waals surface area contributed by atoms with Crippen LogP contribution in [-0.2, 0) is 11.3 Å². The number of likely N-dealkylation sites (tertiary alicyclic amines) is 1. The maximum atomic E-state index is 13.2. The molecule has 1 amide bonds. The second kappa shape index (κ2) is 9.18. The van der Waals surface area contributed by atoms with Gasteiger partial charge in [0.1, 0.15) is 17.2 Å². The van der Waals surface area contributed by atoms with Gasteiger partial charge in [-0.1, -0.05) is 23.4 Å². The van der Waals surface area contributed by atoms with Crippen molar-refractivity contribution in [3.8, 4) is 17.1 Å². The highest BCUT2D eigenvalue weighted by molar-refractivity contribution is 5.79. The minimum Gasteiger partial charge on any atom is -0.487 e. The Balaban J connectivity index is 1.22. The maximum absolute atomic E-state index is 13.2. The van der Waals surface area contributed by atoms with Crippen molar-refractivity contribution in [1.29, 1.82) is 0 Å². The van der Waals surface area contributed by atoms with Gasteiger partial charge in [-0.3, -0.25) is 9.69 Å². The van der Waals surface area contributed by atoms with E-state index in [9.17, 15) is 9.18 Å². The SMILES string of the molecule is CC1(C)CC(NC(=O)C2CCCN(Cc3nc(-c4ccc(F)cc4)no3)C2)c2ccccc2O1. The third-order valence-electron chi connectivity index (χ3n) is 6.50. The number of rotatable bonds is 5. The summed E-state index contributed by atoms with van der Waals surface area (Å²) in [5.74, 6) is 1.41. The molecule has 0 radical (unpaired) electrons. The zero-order valence-corrected chi connectivity index (χ0v) is 19.5. The van der Waals surface area contributed by atoms with Gasteiger partial charge in [0.2, 0.25) is 17.6 Å². The number of nitrogens with one attached hydrogen (secondary N) is 1. The number of carbonyl (C=O) groups is 1. The van der Waals surface area contributed by atoms with E-state index in [0.29, 0.717) is 30.4 Å². The van der Waals surface area contributed by atoms with E-state index >= 15 is 0 Å². The van der Waals surface area contributed by atoms with Crippen LogP contribution in [0, 0.1) is 11.7 Å². The zero-order chi connectivity index (χ0) is 23.7. The molecular formula is C26H29FN4O3. The van der Waals surface area contributed by atoms with E-state index in [4.69, 9.17) is 9.26 Å². The zero-order valence-electron chi connectivity index (χ0n) is 19.5. The Morgan fingerprint density at radius 1 is 1.21 bits per heavy atom. The molecule has 1 N–H and O–H groups in total. The molecule has 1 aromatic heterocycles. The first-order chi connectivity index (χ1) is 16.4. The fourth-order valence-electron chi connectivity index (χ4n) is 4.86. The summed E-state index contributed by atoms with van der Waals surface area (Å²) in [5, 5.41) is 7.31. The van der Waals surface area contributed by atoms with E-state index in [1.807, 2.05) is 24.3 Å². The molecule has 7 nitrogen and oxygen atoms in total. The molecule has 0 spiro atoms. The topological polar surface area (TPSA) is 80.5 Å². The summed E-state index contributed by atoms with van der Waals surface area (Å²) < 4.78 is 24.7. The summed E-state index contributed by atoms with van der Waals surface area (Å²) in [6, 6.07) is 13.8. The lowest BCUT2D eigenvalue weighted by Crippen LogP contribution is -2.46. The summed E-state index contributed by atoms with van der Waals surface area (Å²) in [6.45, 7) is 6.08. The standard InChI is InChI=1S/C26H29FN4O3/c1-26(2)14-21(20-7-3-4-8-22(20)33-26)28-25(32)18-6-5-13-31(15-18)16-23-29-24(30-34-23)17-9-11-19(27)12-10-17/h3-4,7-12,18,21H,5-6,13-16H2,1-2H3,(H,28,32). The fraction of sp³-hybridized carbons (Fsp3) is 0.423. The summed E-state index contributed by atoms with van der Waals surface area (Å²) in [7, 11) is 0. The number of fused-ring (bicyclic) bond motifs is 1. The van der Waals surface area contributed by atoms with Crippen molar-refractivity contribution in [2.24, 2.45) is 5.92 Å². The number of benzene rings is 2. The van der Waals surface area contributed by atoms with Gasteiger partial charge >= 0.3 is 0 Å². The quantitative estimate of drug-likeness (QED) is 0.599. The van der Waals surface area contributed by atoms with Crippen LogP contribution >= 0.6 is 0 Å². The van der Waals surface area contributed by atoms with Crippen molar-refractivity contribution in [3.05, 3.63) is 65.8 Å². The summed E-state index contributed by atoms with van der Waals surface area (Å²) >= 11 is 0. The van der Waals surface area contributed by atoms with Crippen LogP contribution in [0.4, 0.5) is 4.39 Å². The highest BCUT2D eigenvalue weighted by Gasteiger charge is 2.36. The molecule has 1 saturated heterocycles. The van der Waals surface area contributed by atoms with E-state index in [-0.39, 0.29) is 29.3 Å². The van der Waals surface area contributed by atoms with Crippen LogP contribution in [0.15, 0.2) is 53.1 Å². The highest BCUT2D eigenvalue weighted by Crippen LogP contribution is 2.39. The molecule has 178 valence electrons. The number of nitrogens with zero attached hydrogens (tertiary/aromatic N) is 3. The van der Waals surface area contributed by atoms with Crippen molar-refractivity contribution < 1.29 is 18.4 Å². The molecule has 0 aliphatic carbocycles. The van der Waals surface area contributed by atoms with Crippen molar-refractivity contribution >= 4 is 5.91 Å². The van der Waals surface area contributed by atoms with Crippen molar-refractivity contribution in [1.82, 2.24) is 20.4 Å². The van der Waals surface area contributed by atoms with Gasteiger partial charge in [0.15, 0.2) is 0 Å². The number of amides is 1. The Bertz CT molecular complexity index is 1160. The lowest BCUT2D eigenvalue weighted by molar-refractivity contribution is -0.128. The molecule has 3 heterocycles. The van der Waals surface area contributed by atoms with Crippen molar-refractivity contribution in [2.75, 3.05) is 13.1 Å². The van der Waals surface area contributed by atoms with E-state index < -0.39 is 0 Å². The lowest BCUT2D eigenvalue weighted by atomic mass is 9.88. The van der Waals surface area contributed by atoms with Crippen molar-refractivity contribution in [2.45, 2.75) is 51.3 Å². The summed E-state index contributed by atoms with van der Waals surface area (Å²) in [4.78, 5) is 19.9. The molecule has 2 atom stereocenters. The Morgan fingerprint density at radius 3 is 2.82 bits per heavy atom. The first-order valence-electron chi connectivity index (χ1n) is 11.8. The van der Waals surface area contributed by atoms with E-state index in [1.165, 1.54) is 12.1 Å². The smallest absolute Gasteiger partial charge is 0.241 e. The van der Waals surface area contributed by atoms with Crippen LogP contribution in [0.1, 0.15) is 50.6 Å². The molecule has 2 aliphatic rings. The number of carbonyl (C=O) groups excluding carboxylic acids is 1. The molecule has 8 heteroatoms. The molecular weight excluding hydrogens is 435 g/mol. The monoisotopic (exact) mass is 464 g/mol. The van der Waals surface area contributed by atoms with Crippen LogP contribution in [0.25, 0.3) is 11.4 Å². The average molecular weight is 465 g/mol. The van der Waals surface area contributed by atoms with Crippen LogP contribution in [0.2, 0.25) is 0 Å². The Labute approximate surface area is 198 Å². The molecule has 0 bridgehead atoms. The number of aromatic nitrogens is 2. The molecule has 2 aromatic carbocycles. The van der Waals surface area contributed by atoms with Crippen LogP contribution < -0.4 is 10.1 Å². The minimum absolute atomic E-state index is 0.0692. The normalized spacial score (nSPS) is 22.0. The second-order valence-corrected chi connectivity index (χ2v) is 9.76. The number of ether oxygens (including phenoxy) is 1. The van der Waals surface area contributed by atoms with Gasteiger partial charge in [-0.05, 0) is 63.6 Å². The number of hydrogen-bond donors (Lipinski definition) is 1. The predicted octanol–water partition coefficient (Wildman–Crippen LogP) is 4.51. The van der Waals surface area contributed by atoms with Crippen molar-refractivity contribution in [3.63, 3.8) is 0 Å². The first kappa shape index (κ1) is 22.5. The third-order valence-corrected chi connectivity index (χ3v) is 6.50. The number of halogens is 1. The van der Waals surface area contributed by atoms with Gasteiger partial charge in [0.25, 0.3) is 0 Å². The Hall–Kier alpha value is -3.26. The predicted molar refractivity (Wildman–Crippen MR) is 124 cm³/mol. The molecule has 3 aromatic rings. The third kappa shape index (κ3) is 4.97. The molecule has 1 fully saturated rings. The van der Waals surface area contributed by atoms with Gasteiger partial charge in [-0.25, -0.2) is 4.39 Å². The maximum Gasteiger partial charge on any atom is 0.241 e. The lowest BCUT2D eigenvalue weighted by Gasteiger charge is -2.39. The fourth-order valence-corrected chi connectivity index (χ4v) is 4.86. The van der Waals surface area contributed by atoms with Gasteiger partial charge in [0, 0.05) is 24.1 Å². The highest BCUT2D eigenvalue weighted by atomic mass is 19.1. The molecule has 2 unspecified atom stereocenters. The number of para-hydroxylation sites is 1. The average Bonchev–Trinajstić information content (AvgIpc) is 3.27. The molecule has 34 heavy (non-hydrogen) atoms. The summed E-state index contributed by atoms with van der Waals surface area (Å²) in [6.07, 6.45) is 2.49. The number of hydrogen-bond acceptors (Lipinski definition) is 6. The Morgan fingerprint density at radius 2 is 2.00 bits per heavy atom. The van der Waals surface area contributed by atoms with Gasteiger partial charge in [-0.2, -0.15) is 4.98 Å². The molecule has 0 saturated carbocycles. The minimum atomic E-state index is -0.342. The van der Waals surface area contributed by atoms with E-state index in [1.54, 1.807) is 12.1 Å². The first-order valence-corrected chi connectivity index (χ1v) is 11.8. The van der Waals surface area contributed by atoms with Gasteiger partial charge < -0.3 is 14.6 Å². The van der Waals surface area contributed by atoms with Crippen LogP contribution in [-0.4, -0.2) is 39.6 Å². The number of piperidine rings is 1. The molecule has 2 aliphatic heterocycles. The van der Waals surface area contributed by atoms with Gasteiger partial charge in [-0.15, -0.1) is 0 Å². The van der Waals surface area contributed by atoms with Crippen LogP contribution in [0.5, 0.6) is 5.75 Å². The van der Waals surface area contributed by atoms with Gasteiger partial charge in [0.05, 0.1) is 18.5 Å².